The number of rotatable bonds is 0. The van der Waals surface area contributed by atoms with Crippen molar-refractivity contribution in [3.8, 4) is 0 Å². The Bertz CT molecular complexity index is 537. The lowest BCUT2D eigenvalue weighted by Gasteiger charge is -2.08. The van der Waals surface area contributed by atoms with E-state index in [1.807, 2.05) is 6.07 Å². The third-order valence-corrected chi connectivity index (χ3v) is 3.04. The molecule has 1 aromatic heterocycles. The predicted molar refractivity (Wildman–Crippen MR) is 63.1 cm³/mol. The lowest BCUT2D eigenvalue weighted by Crippen LogP contribution is -2.02. The van der Waals surface area contributed by atoms with E-state index in [2.05, 4.69) is 16.4 Å². The molecule has 0 unspecified atom stereocenters. The second-order valence-corrected chi connectivity index (χ2v) is 4.19. The van der Waals surface area contributed by atoms with E-state index in [1.54, 1.807) is 6.07 Å². The van der Waals surface area contributed by atoms with Crippen molar-refractivity contribution in [2.45, 2.75) is 19.3 Å². The van der Waals surface area contributed by atoms with Crippen molar-refractivity contribution in [1.82, 2.24) is 4.98 Å². The Morgan fingerprint density at radius 2 is 2.19 bits per heavy atom. The second kappa shape index (κ2) is 3.74. The van der Waals surface area contributed by atoms with Gasteiger partial charge in [-0.15, -0.1) is 0 Å². The molecule has 0 saturated carbocycles. The molecule has 3 heteroatoms. The zero-order valence-corrected chi connectivity index (χ0v) is 8.96. The first-order valence-electron chi connectivity index (χ1n) is 5.66. The lowest BCUT2D eigenvalue weighted by molar-refractivity contribution is 0.637. The van der Waals surface area contributed by atoms with Crippen molar-refractivity contribution in [3.05, 3.63) is 35.6 Å². The molecule has 0 fully saturated rings. The number of aromatic nitrogens is 1. The highest BCUT2D eigenvalue weighted by Gasteiger charge is 2.11. The van der Waals surface area contributed by atoms with Crippen molar-refractivity contribution in [1.29, 1.82) is 0 Å². The topological polar surface area (TPSA) is 24.9 Å². The van der Waals surface area contributed by atoms with Crippen molar-refractivity contribution in [2.24, 2.45) is 0 Å². The zero-order valence-electron chi connectivity index (χ0n) is 8.96. The van der Waals surface area contributed by atoms with Gasteiger partial charge in [0.15, 0.2) is 0 Å². The SMILES string of the molecule is Fc1cccc2cc3c(nc12)NCCCC3. The summed E-state index contributed by atoms with van der Waals surface area (Å²) in [5, 5.41) is 4.16. The van der Waals surface area contributed by atoms with Crippen LogP contribution in [0.4, 0.5) is 10.2 Å². The minimum absolute atomic E-state index is 0.244. The molecule has 3 rings (SSSR count). The van der Waals surface area contributed by atoms with Gasteiger partial charge in [-0.3, -0.25) is 0 Å². The molecule has 0 saturated heterocycles. The monoisotopic (exact) mass is 216 g/mol. The van der Waals surface area contributed by atoms with Crippen LogP contribution in [0.2, 0.25) is 0 Å². The summed E-state index contributed by atoms with van der Waals surface area (Å²) in [6.45, 7) is 0.931. The fourth-order valence-electron chi connectivity index (χ4n) is 2.20. The normalized spacial score (nSPS) is 15.3. The maximum absolute atomic E-state index is 13.6. The van der Waals surface area contributed by atoms with Crippen LogP contribution in [0.25, 0.3) is 10.9 Å². The summed E-state index contributed by atoms with van der Waals surface area (Å²) in [6.07, 6.45) is 3.35. The summed E-state index contributed by atoms with van der Waals surface area (Å²) < 4.78 is 13.6. The van der Waals surface area contributed by atoms with Gasteiger partial charge in [0.25, 0.3) is 0 Å². The molecule has 2 nitrogen and oxygen atoms in total. The number of nitrogens with zero attached hydrogens (tertiary/aromatic N) is 1. The number of nitrogens with one attached hydrogen (secondary N) is 1. The molecule has 0 bridgehead atoms. The number of hydrogen-bond acceptors (Lipinski definition) is 2. The summed E-state index contributed by atoms with van der Waals surface area (Å²) in [4.78, 5) is 4.39. The highest BCUT2D eigenvalue weighted by atomic mass is 19.1. The number of anilines is 1. The second-order valence-electron chi connectivity index (χ2n) is 4.19. The molecular formula is C13H13FN2. The van der Waals surface area contributed by atoms with E-state index in [0.717, 1.165) is 30.6 Å². The molecule has 0 atom stereocenters. The van der Waals surface area contributed by atoms with Crippen molar-refractivity contribution >= 4 is 16.7 Å². The third kappa shape index (κ3) is 1.52. The molecule has 0 aliphatic carbocycles. The highest BCUT2D eigenvalue weighted by molar-refractivity contribution is 5.82. The van der Waals surface area contributed by atoms with E-state index < -0.39 is 0 Å². The number of halogens is 1. The number of hydrogen-bond donors (Lipinski definition) is 1. The minimum Gasteiger partial charge on any atom is -0.370 e. The van der Waals surface area contributed by atoms with E-state index in [9.17, 15) is 4.39 Å². The first-order valence-corrected chi connectivity index (χ1v) is 5.66. The predicted octanol–water partition coefficient (Wildman–Crippen LogP) is 3.12. The Labute approximate surface area is 93.5 Å². The molecule has 1 aromatic carbocycles. The molecule has 2 aromatic rings. The van der Waals surface area contributed by atoms with E-state index >= 15 is 0 Å². The van der Waals surface area contributed by atoms with Crippen LogP contribution < -0.4 is 5.32 Å². The van der Waals surface area contributed by atoms with Gasteiger partial charge in [-0.05, 0) is 37.0 Å². The van der Waals surface area contributed by atoms with Crippen LogP contribution in [0.1, 0.15) is 18.4 Å². The van der Waals surface area contributed by atoms with Gasteiger partial charge in [0, 0.05) is 11.9 Å². The average molecular weight is 216 g/mol. The van der Waals surface area contributed by atoms with Gasteiger partial charge in [-0.25, -0.2) is 9.37 Å². The van der Waals surface area contributed by atoms with Crippen LogP contribution in [-0.2, 0) is 6.42 Å². The Morgan fingerprint density at radius 1 is 1.25 bits per heavy atom. The number of aryl methyl sites for hydroxylation is 1. The van der Waals surface area contributed by atoms with Crippen LogP contribution in [0.5, 0.6) is 0 Å². The summed E-state index contributed by atoms with van der Waals surface area (Å²) in [6, 6.07) is 7.16. The zero-order chi connectivity index (χ0) is 11.0. The number of benzene rings is 1. The molecule has 82 valence electrons. The minimum atomic E-state index is -0.244. The average Bonchev–Trinajstić information content (AvgIpc) is 2.52. The van der Waals surface area contributed by atoms with E-state index in [1.165, 1.54) is 18.1 Å². The van der Waals surface area contributed by atoms with Crippen LogP contribution in [0.3, 0.4) is 0 Å². The Kier molecular flexibility index (Phi) is 2.24. The van der Waals surface area contributed by atoms with Crippen LogP contribution in [-0.4, -0.2) is 11.5 Å². The third-order valence-electron chi connectivity index (χ3n) is 3.04. The largest absolute Gasteiger partial charge is 0.370 e. The number of pyridine rings is 1. The highest BCUT2D eigenvalue weighted by Crippen LogP contribution is 2.25. The van der Waals surface area contributed by atoms with Gasteiger partial charge >= 0.3 is 0 Å². The molecule has 1 aliphatic heterocycles. The fraction of sp³-hybridized carbons (Fsp3) is 0.308. The van der Waals surface area contributed by atoms with Crippen molar-refractivity contribution in [3.63, 3.8) is 0 Å². The molecule has 16 heavy (non-hydrogen) atoms. The van der Waals surface area contributed by atoms with Gasteiger partial charge in [-0.2, -0.15) is 0 Å². The lowest BCUT2D eigenvalue weighted by atomic mass is 10.1. The van der Waals surface area contributed by atoms with Crippen LogP contribution in [0.15, 0.2) is 24.3 Å². The fourth-order valence-corrected chi connectivity index (χ4v) is 2.20. The summed E-state index contributed by atoms with van der Waals surface area (Å²) in [7, 11) is 0. The van der Waals surface area contributed by atoms with Crippen LogP contribution >= 0.6 is 0 Å². The summed E-state index contributed by atoms with van der Waals surface area (Å²) >= 11 is 0. The Morgan fingerprint density at radius 3 is 3.12 bits per heavy atom. The first-order chi connectivity index (χ1) is 7.84. The molecular weight excluding hydrogens is 203 g/mol. The molecule has 0 amide bonds. The maximum atomic E-state index is 13.6. The van der Waals surface area contributed by atoms with Gasteiger partial charge in [-0.1, -0.05) is 12.1 Å². The molecule has 0 radical (unpaired) electrons. The van der Waals surface area contributed by atoms with E-state index in [-0.39, 0.29) is 5.82 Å². The van der Waals surface area contributed by atoms with Gasteiger partial charge in [0.1, 0.15) is 17.2 Å². The Balaban J connectivity index is 2.24. The molecule has 1 N–H and O–H groups in total. The molecule has 2 heterocycles. The van der Waals surface area contributed by atoms with E-state index in [4.69, 9.17) is 0 Å². The van der Waals surface area contributed by atoms with Crippen LogP contribution in [0, 0.1) is 5.82 Å². The van der Waals surface area contributed by atoms with Gasteiger partial charge in [0.2, 0.25) is 0 Å². The number of fused-ring (bicyclic) bond motifs is 2. The maximum Gasteiger partial charge on any atom is 0.149 e. The molecule has 1 aliphatic rings. The first kappa shape index (κ1) is 9.58. The summed E-state index contributed by atoms with van der Waals surface area (Å²) in [5.74, 6) is 0.612. The smallest absolute Gasteiger partial charge is 0.149 e. The standard InChI is InChI=1S/C13H13FN2/c14-11-6-3-5-9-8-10-4-1-2-7-15-13(10)16-12(9)11/h3,5-6,8H,1-2,4,7H2,(H,15,16). The van der Waals surface area contributed by atoms with E-state index in [0.29, 0.717) is 5.52 Å². The quantitative estimate of drug-likeness (QED) is 0.731. The Hall–Kier alpha value is -1.64. The van der Waals surface area contributed by atoms with Crippen molar-refractivity contribution in [2.75, 3.05) is 11.9 Å². The van der Waals surface area contributed by atoms with Crippen molar-refractivity contribution < 1.29 is 4.39 Å². The van der Waals surface area contributed by atoms with Gasteiger partial charge in [0.05, 0.1) is 0 Å². The van der Waals surface area contributed by atoms with Gasteiger partial charge < -0.3 is 5.32 Å². The summed E-state index contributed by atoms with van der Waals surface area (Å²) in [5.41, 5.74) is 1.67. The number of para-hydroxylation sites is 1. The molecule has 0 spiro atoms.